The lowest BCUT2D eigenvalue weighted by atomic mass is 9.61. The van der Waals surface area contributed by atoms with E-state index in [4.69, 9.17) is 0 Å². The quantitative estimate of drug-likeness (QED) is 0.0839. The van der Waals surface area contributed by atoms with Gasteiger partial charge < -0.3 is 9.80 Å². The molecule has 14 rings (SSSR count). The van der Waals surface area contributed by atoms with Crippen LogP contribution in [0.1, 0.15) is 90.7 Å². The van der Waals surface area contributed by atoms with Gasteiger partial charge in [-0.1, -0.05) is 206 Å². The second kappa shape index (κ2) is 22.4. The van der Waals surface area contributed by atoms with E-state index < -0.39 is 52.5 Å². The molecule has 0 saturated carbocycles. The van der Waals surface area contributed by atoms with Crippen LogP contribution in [0.5, 0.6) is 0 Å². The zero-order valence-electron chi connectivity index (χ0n) is 50.2. The number of halogens is 6. The molecule has 4 atom stereocenters. The molecule has 0 spiro atoms. The second-order valence-corrected chi connectivity index (χ2v) is 24.2. The van der Waals surface area contributed by atoms with Crippen LogP contribution in [0, 0.1) is 51.1 Å². The molecule has 0 fully saturated rings. The third-order valence-corrected chi connectivity index (χ3v) is 19.0. The van der Waals surface area contributed by atoms with E-state index in [0.29, 0.717) is 35.2 Å². The summed E-state index contributed by atoms with van der Waals surface area (Å²) in [4.78, 5) is 3.21. The van der Waals surface area contributed by atoms with E-state index in [2.05, 4.69) is 150 Å². The first-order valence-electron chi connectivity index (χ1n) is 30.3. The molecule has 0 amide bonds. The van der Waals surface area contributed by atoms with Gasteiger partial charge in [-0.3, -0.25) is 0 Å². The largest absolute Gasteiger partial charge is 0.312 e. The maximum absolute atomic E-state index is 16.7. The Morgan fingerprint density at radius 2 is 1.03 bits per heavy atom. The number of aryl methyl sites for hydroxylation is 4. The van der Waals surface area contributed by atoms with Crippen LogP contribution in [-0.2, 0) is 10.8 Å². The lowest BCUT2D eigenvalue weighted by molar-refractivity contribution is 0.351. The van der Waals surface area contributed by atoms with Crippen LogP contribution in [-0.4, -0.2) is 6.17 Å². The van der Waals surface area contributed by atoms with Crippen LogP contribution in [0.15, 0.2) is 267 Å². The predicted molar refractivity (Wildman–Crippen MR) is 356 cm³/mol. The van der Waals surface area contributed by atoms with E-state index >= 15 is 26.3 Å². The van der Waals surface area contributed by atoms with Crippen molar-refractivity contribution in [3.63, 3.8) is 0 Å². The Kier molecular flexibility index (Phi) is 14.4. The number of anilines is 4. The third-order valence-electron chi connectivity index (χ3n) is 19.0. The lowest BCUT2D eigenvalue weighted by Gasteiger charge is -2.42. The molecule has 0 aliphatic heterocycles. The van der Waals surface area contributed by atoms with Crippen molar-refractivity contribution in [1.82, 2.24) is 0 Å². The molecule has 4 unspecified atom stereocenters. The molecule has 0 aromatic heterocycles. The van der Waals surface area contributed by atoms with Crippen molar-refractivity contribution >= 4 is 40.5 Å². The minimum atomic E-state index is -1.78. The van der Waals surface area contributed by atoms with Crippen LogP contribution in [0.25, 0.3) is 40.0 Å². The summed E-state index contributed by atoms with van der Waals surface area (Å²) < 4.78 is 96.0. The van der Waals surface area contributed by atoms with E-state index in [1.165, 1.54) is 6.08 Å². The molecule has 4 aliphatic rings. The fraction of sp³-hybridized carbons (Fsp3) is 0.122. The Balaban J connectivity index is 0.874. The average molecular weight is 1190 g/mol. The van der Waals surface area contributed by atoms with Crippen molar-refractivity contribution in [1.29, 1.82) is 0 Å². The minimum Gasteiger partial charge on any atom is -0.312 e. The molecule has 0 N–H and O–H groups in total. The van der Waals surface area contributed by atoms with Crippen molar-refractivity contribution in [2.24, 2.45) is 5.92 Å². The van der Waals surface area contributed by atoms with E-state index in [0.717, 1.165) is 112 Å². The number of nitrogens with zero attached hydrogens (tertiary/aromatic N) is 2. The highest BCUT2D eigenvalue weighted by Crippen LogP contribution is 2.62. The fourth-order valence-corrected chi connectivity index (χ4v) is 14.9. The number of hydrogen-bond donors (Lipinski definition) is 0. The topological polar surface area (TPSA) is 6.48 Å². The Hall–Kier alpha value is -10.2. The lowest BCUT2D eigenvalue weighted by Crippen LogP contribution is -2.38. The van der Waals surface area contributed by atoms with Gasteiger partial charge in [-0.2, -0.15) is 0 Å². The summed E-state index contributed by atoms with van der Waals surface area (Å²) in [5.41, 5.74) is 19.1. The first kappa shape index (κ1) is 57.6. The Morgan fingerprint density at radius 3 is 1.68 bits per heavy atom. The van der Waals surface area contributed by atoms with Crippen molar-refractivity contribution in [2.45, 2.75) is 57.5 Å². The molecule has 10 aromatic carbocycles. The SMILES string of the molecule is C=Cc1ccc(C2(c3cc(C)ccc3C)c3ccccc3-c3ccc(N(c4ccc(-c5ccc(N(C6=CC=C7c8ccccc8C(c8ccc(C=C)cc8)(c8cc(C)ccc8C)C7C6)C6=CC(F)CC(F)=C6F)cc5)cc4)c4cc(F)cc(F)c4F)cc32)cc1. The second-order valence-electron chi connectivity index (χ2n) is 24.2. The van der Waals surface area contributed by atoms with E-state index in [1.807, 2.05) is 103 Å². The number of rotatable bonds is 13. The minimum absolute atomic E-state index is 0.219. The highest BCUT2D eigenvalue weighted by atomic mass is 19.2. The summed E-state index contributed by atoms with van der Waals surface area (Å²) >= 11 is 0. The molecule has 442 valence electrons. The predicted octanol–water partition coefficient (Wildman–Crippen LogP) is 22.0. The molecule has 10 aromatic rings. The molecular weight excluding hydrogens is 1130 g/mol. The number of hydrogen-bond acceptors (Lipinski definition) is 2. The molecule has 8 heteroatoms. The fourth-order valence-electron chi connectivity index (χ4n) is 14.9. The summed E-state index contributed by atoms with van der Waals surface area (Å²) in [6.45, 7) is 16.4. The van der Waals surface area contributed by atoms with Gasteiger partial charge in [0.15, 0.2) is 17.5 Å². The molecular formula is C82H62F6N2. The normalized spacial score (nSPS) is 18.8. The number of fused-ring (bicyclic) bond motifs is 6. The summed E-state index contributed by atoms with van der Waals surface area (Å²) in [6.07, 6.45) is 6.73. The summed E-state index contributed by atoms with van der Waals surface area (Å²) in [5.74, 6) is -6.03. The van der Waals surface area contributed by atoms with Gasteiger partial charge in [-0.25, -0.2) is 26.3 Å². The zero-order chi connectivity index (χ0) is 62.3. The molecule has 2 nitrogen and oxygen atoms in total. The van der Waals surface area contributed by atoms with Crippen LogP contribution < -0.4 is 9.80 Å². The van der Waals surface area contributed by atoms with Gasteiger partial charge in [-0.05, 0) is 177 Å². The van der Waals surface area contributed by atoms with Crippen LogP contribution in [0.4, 0.5) is 49.1 Å². The molecule has 0 bridgehead atoms. The number of allylic oxidation sites excluding steroid dienone is 7. The molecule has 0 radical (unpaired) electrons. The smallest absolute Gasteiger partial charge is 0.182 e. The van der Waals surface area contributed by atoms with Crippen LogP contribution >= 0.6 is 0 Å². The first-order valence-corrected chi connectivity index (χ1v) is 30.3. The maximum Gasteiger partial charge on any atom is 0.182 e. The standard InChI is InChI=1S/C82H62F6N2/c1-7-53-21-29-57(30-22-53)81(71-41-49(3)17-19-51(71)5)69-15-11-9-13-65(69)67-39-37-63(47-73(67)81)89(77-45-59(83)43-75(85)79(77)87)61-33-25-55(26-34-61)56-27-35-62(36-28-56)90(78-46-60(84)44-76(86)80(78)88)64-38-40-68-66-14-10-12-16-70(66)82(74(68)48-64,58-31-23-54(8-2)24-32-58)72-42-50(4)18-20-52(72)6/h7-43,45-47,60,74H,1-2,44,48H2,3-6H3. The molecule has 0 heterocycles. The number of benzene rings is 10. The maximum atomic E-state index is 16.7. The molecule has 0 saturated heterocycles. The number of alkyl halides is 1. The Bertz CT molecular complexity index is 4700. The van der Waals surface area contributed by atoms with Gasteiger partial charge in [-0.15, -0.1) is 0 Å². The van der Waals surface area contributed by atoms with Crippen LogP contribution in [0.2, 0.25) is 0 Å². The zero-order valence-corrected chi connectivity index (χ0v) is 50.2. The van der Waals surface area contributed by atoms with Gasteiger partial charge >= 0.3 is 0 Å². The average Bonchev–Trinajstić information content (AvgIpc) is 1.52. The summed E-state index contributed by atoms with van der Waals surface area (Å²) in [6, 6.07) is 68.7. The van der Waals surface area contributed by atoms with Gasteiger partial charge in [0.25, 0.3) is 0 Å². The van der Waals surface area contributed by atoms with E-state index in [-0.39, 0.29) is 17.3 Å². The summed E-state index contributed by atoms with van der Waals surface area (Å²) in [7, 11) is 0. The van der Waals surface area contributed by atoms with Crippen molar-refractivity contribution in [3.05, 3.63) is 362 Å². The van der Waals surface area contributed by atoms with Crippen molar-refractivity contribution < 1.29 is 26.3 Å². The highest BCUT2D eigenvalue weighted by molar-refractivity contribution is 5.91. The van der Waals surface area contributed by atoms with Gasteiger partial charge in [0.05, 0.1) is 22.2 Å². The van der Waals surface area contributed by atoms with Crippen molar-refractivity contribution in [2.75, 3.05) is 9.80 Å². The molecule has 90 heavy (non-hydrogen) atoms. The first-order chi connectivity index (χ1) is 43.6. The van der Waals surface area contributed by atoms with Crippen LogP contribution in [0.3, 0.4) is 0 Å². The van der Waals surface area contributed by atoms with E-state index in [9.17, 15) is 0 Å². The summed E-state index contributed by atoms with van der Waals surface area (Å²) in [5, 5.41) is 0. The van der Waals surface area contributed by atoms with Crippen molar-refractivity contribution in [3.8, 4) is 22.3 Å². The third kappa shape index (κ3) is 9.17. The van der Waals surface area contributed by atoms with E-state index in [1.54, 1.807) is 21.9 Å². The Morgan fingerprint density at radius 1 is 0.478 bits per heavy atom. The van der Waals surface area contributed by atoms with Gasteiger partial charge in [0.2, 0.25) is 0 Å². The Labute approximate surface area is 521 Å². The monoisotopic (exact) mass is 1190 g/mol. The molecule has 4 aliphatic carbocycles. The highest BCUT2D eigenvalue weighted by Gasteiger charge is 2.54. The van der Waals surface area contributed by atoms with Gasteiger partial charge in [0, 0.05) is 47.2 Å². The van der Waals surface area contributed by atoms with Gasteiger partial charge in [0.1, 0.15) is 17.8 Å².